The van der Waals surface area contributed by atoms with Crippen LogP contribution in [0.15, 0.2) is 35.5 Å². The van der Waals surface area contributed by atoms with Crippen molar-refractivity contribution in [2.24, 2.45) is 4.99 Å². The predicted molar refractivity (Wildman–Crippen MR) is 134 cm³/mol. The van der Waals surface area contributed by atoms with Crippen LogP contribution in [0.5, 0.6) is 0 Å². The minimum atomic E-state index is 0. The number of hydrogen-bond acceptors (Lipinski definition) is 5. The van der Waals surface area contributed by atoms with Gasteiger partial charge in [-0.05, 0) is 30.4 Å². The Morgan fingerprint density at radius 2 is 1.93 bits per heavy atom. The van der Waals surface area contributed by atoms with Gasteiger partial charge in [-0.25, -0.2) is 4.98 Å². The van der Waals surface area contributed by atoms with Gasteiger partial charge in [0.2, 0.25) is 0 Å². The maximum atomic E-state index is 5.98. The number of guanidine groups is 1. The molecule has 2 aromatic rings. The molecule has 30 heavy (non-hydrogen) atoms. The van der Waals surface area contributed by atoms with Crippen LogP contribution in [0.3, 0.4) is 0 Å². The van der Waals surface area contributed by atoms with E-state index in [1.807, 2.05) is 6.20 Å². The SMILES string of the molecule is CCc1cnc(CCNC(=NC)NCc2ccc(COC3CCOCC3)cc2)s1.I. The highest BCUT2D eigenvalue weighted by atomic mass is 127. The van der Waals surface area contributed by atoms with Crippen LogP contribution in [-0.2, 0) is 35.5 Å². The van der Waals surface area contributed by atoms with E-state index >= 15 is 0 Å². The van der Waals surface area contributed by atoms with Gasteiger partial charge < -0.3 is 20.1 Å². The molecule has 0 radical (unpaired) electrons. The van der Waals surface area contributed by atoms with Crippen molar-refractivity contribution in [1.82, 2.24) is 15.6 Å². The molecule has 2 N–H and O–H groups in total. The summed E-state index contributed by atoms with van der Waals surface area (Å²) in [4.78, 5) is 10.1. The number of aryl methyl sites for hydroxylation is 1. The Morgan fingerprint density at radius 1 is 1.20 bits per heavy atom. The first-order chi connectivity index (χ1) is 14.3. The zero-order valence-electron chi connectivity index (χ0n) is 17.9. The molecule has 0 spiro atoms. The lowest BCUT2D eigenvalue weighted by molar-refractivity contribution is -0.0390. The van der Waals surface area contributed by atoms with Crippen LogP contribution in [0.4, 0.5) is 0 Å². The molecule has 1 aliphatic heterocycles. The first-order valence-corrected chi connectivity index (χ1v) is 11.2. The van der Waals surface area contributed by atoms with E-state index in [4.69, 9.17) is 9.47 Å². The Balaban J connectivity index is 0.00000320. The topological polar surface area (TPSA) is 67.8 Å². The van der Waals surface area contributed by atoms with Gasteiger partial charge in [0.15, 0.2) is 5.96 Å². The number of hydrogen-bond donors (Lipinski definition) is 2. The second-order valence-electron chi connectivity index (χ2n) is 7.12. The van der Waals surface area contributed by atoms with Crippen molar-refractivity contribution in [3.05, 3.63) is 51.5 Å². The van der Waals surface area contributed by atoms with Crippen molar-refractivity contribution in [3.8, 4) is 0 Å². The Bertz CT molecular complexity index is 761. The predicted octanol–water partition coefficient (Wildman–Crippen LogP) is 3.93. The Hall–Kier alpha value is -1.23. The fraction of sp³-hybridized carbons (Fsp3) is 0.545. The minimum absolute atomic E-state index is 0. The van der Waals surface area contributed by atoms with Crippen LogP contribution in [0.2, 0.25) is 0 Å². The molecule has 0 aliphatic carbocycles. The van der Waals surface area contributed by atoms with Gasteiger partial charge in [-0.2, -0.15) is 0 Å². The second-order valence-corrected chi connectivity index (χ2v) is 8.32. The van der Waals surface area contributed by atoms with Crippen molar-refractivity contribution in [3.63, 3.8) is 0 Å². The summed E-state index contributed by atoms with van der Waals surface area (Å²) in [5.41, 5.74) is 2.42. The summed E-state index contributed by atoms with van der Waals surface area (Å²) in [5, 5.41) is 7.90. The van der Waals surface area contributed by atoms with Gasteiger partial charge in [0.05, 0.1) is 17.7 Å². The smallest absolute Gasteiger partial charge is 0.191 e. The van der Waals surface area contributed by atoms with E-state index in [2.05, 4.69) is 51.8 Å². The number of aromatic nitrogens is 1. The van der Waals surface area contributed by atoms with E-state index in [0.717, 1.165) is 57.9 Å². The third kappa shape index (κ3) is 8.49. The normalized spacial score (nSPS) is 14.9. The summed E-state index contributed by atoms with van der Waals surface area (Å²) in [6.07, 6.45) is 6.26. The third-order valence-electron chi connectivity index (χ3n) is 4.94. The number of halogens is 1. The van der Waals surface area contributed by atoms with Gasteiger partial charge >= 0.3 is 0 Å². The molecule has 1 aromatic heterocycles. The maximum Gasteiger partial charge on any atom is 0.191 e. The number of nitrogens with one attached hydrogen (secondary N) is 2. The fourth-order valence-electron chi connectivity index (χ4n) is 3.13. The zero-order chi connectivity index (χ0) is 20.3. The molecular weight excluding hydrogens is 511 g/mol. The van der Waals surface area contributed by atoms with Crippen molar-refractivity contribution in [2.75, 3.05) is 26.8 Å². The van der Waals surface area contributed by atoms with E-state index in [0.29, 0.717) is 12.7 Å². The van der Waals surface area contributed by atoms with Gasteiger partial charge in [-0.15, -0.1) is 35.3 Å². The number of thiazole rings is 1. The van der Waals surface area contributed by atoms with Crippen molar-refractivity contribution in [2.45, 2.75) is 51.9 Å². The zero-order valence-corrected chi connectivity index (χ0v) is 21.0. The van der Waals surface area contributed by atoms with E-state index in [1.165, 1.54) is 21.0 Å². The molecule has 2 heterocycles. The lowest BCUT2D eigenvalue weighted by atomic mass is 10.1. The van der Waals surface area contributed by atoms with Gasteiger partial charge in [0, 0.05) is 50.8 Å². The number of nitrogens with zero attached hydrogens (tertiary/aromatic N) is 2. The molecule has 1 fully saturated rings. The largest absolute Gasteiger partial charge is 0.381 e. The second kappa shape index (κ2) is 14.0. The summed E-state index contributed by atoms with van der Waals surface area (Å²) >= 11 is 1.79. The molecule has 3 rings (SSSR count). The molecule has 1 aromatic carbocycles. The van der Waals surface area contributed by atoms with Crippen LogP contribution in [0.1, 0.15) is 40.8 Å². The Kier molecular flexibility index (Phi) is 11.6. The van der Waals surface area contributed by atoms with E-state index in [9.17, 15) is 0 Å². The van der Waals surface area contributed by atoms with Crippen molar-refractivity contribution in [1.29, 1.82) is 0 Å². The lowest BCUT2D eigenvalue weighted by Gasteiger charge is -2.22. The molecule has 0 saturated carbocycles. The van der Waals surface area contributed by atoms with Gasteiger partial charge in [0.25, 0.3) is 0 Å². The molecule has 6 nitrogen and oxygen atoms in total. The van der Waals surface area contributed by atoms with E-state index in [-0.39, 0.29) is 24.0 Å². The van der Waals surface area contributed by atoms with Gasteiger partial charge in [0.1, 0.15) is 0 Å². The molecule has 0 bridgehead atoms. The first kappa shape index (κ1) is 25.0. The average molecular weight is 545 g/mol. The van der Waals surface area contributed by atoms with Crippen LogP contribution in [0, 0.1) is 0 Å². The van der Waals surface area contributed by atoms with Crippen LogP contribution < -0.4 is 10.6 Å². The highest BCUT2D eigenvalue weighted by molar-refractivity contribution is 14.0. The monoisotopic (exact) mass is 544 g/mol. The molecule has 1 saturated heterocycles. The maximum absolute atomic E-state index is 5.98. The summed E-state index contributed by atoms with van der Waals surface area (Å²) in [6, 6.07) is 8.57. The van der Waals surface area contributed by atoms with E-state index in [1.54, 1.807) is 18.4 Å². The average Bonchev–Trinajstić information content (AvgIpc) is 3.24. The van der Waals surface area contributed by atoms with Crippen LogP contribution in [-0.4, -0.2) is 43.9 Å². The third-order valence-corrected chi connectivity index (χ3v) is 6.14. The molecule has 1 aliphatic rings. The Morgan fingerprint density at radius 3 is 2.60 bits per heavy atom. The highest BCUT2D eigenvalue weighted by Gasteiger charge is 2.13. The summed E-state index contributed by atoms with van der Waals surface area (Å²) < 4.78 is 11.4. The molecule has 0 unspecified atom stereocenters. The first-order valence-electron chi connectivity index (χ1n) is 10.4. The van der Waals surface area contributed by atoms with Gasteiger partial charge in [-0.3, -0.25) is 4.99 Å². The van der Waals surface area contributed by atoms with Crippen molar-refractivity contribution < 1.29 is 9.47 Å². The number of benzene rings is 1. The Labute approximate surface area is 200 Å². The van der Waals surface area contributed by atoms with Gasteiger partial charge in [-0.1, -0.05) is 31.2 Å². The molecular formula is C22H33IN4O2S. The lowest BCUT2D eigenvalue weighted by Crippen LogP contribution is -2.37. The number of ether oxygens (including phenoxy) is 2. The summed E-state index contributed by atoms with van der Waals surface area (Å²) in [7, 11) is 1.80. The standard InChI is InChI=1S/C22H32N4O2S.HI/c1-3-20-15-25-21(29-20)8-11-24-22(23-2)26-14-17-4-6-18(7-5-17)16-28-19-9-12-27-13-10-19;/h4-7,15,19H,3,8-14,16H2,1-2H3,(H2,23,24,26);1H. The van der Waals surface area contributed by atoms with Crippen LogP contribution >= 0.6 is 35.3 Å². The number of aliphatic imine (C=N–C) groups is 1. The van der Waals surface area contributed by atoms with Crippen molar-refractivity contribution >= 4 is 41.3 Å². The number of rotatable bonds is 9. The molecule has 8 heteroatoms. The summed E-state index contributed by atoms with van der Waals surface area (Å²) in [5.74, 6) is 0.809. The molecule has 0 amide bonds. The highest BCUT2D eigenvalue weighted by Crippen LogP contribution is 2.14. The van der Waals surface area contributed by atoms with E-state index < -0.39 is 0 Å². The summed E-state index contributed by atoms with van der Waals surface area (Å²) in [6.45, 7) is 6.00. The molecule has 0 atom stereocenters. The fourth-order valence-corrected chi connectivity index (χ4v) is 3.99. The quantitative estimate of drug-likeness (QED) is 0.285. The molecule has 166 valence electrons. The minimum Gasteiger partial charge on any atom is -0.381 e. The van der Waals surface area contributed by atoms with Crippen LogP contribution in [0.25, 0.3) is 0 Å².